The van der Waals surface area contributed by atoms with Crippen LogP contribution in [0.25, 0.3) is 11.0 Å². The third-order valence-electron chi connectivity index (χ3n) is 4.47. The van der Waals surface area contributed by atoms with Crippen molar-refractivity contribution in [3.63, 3.8) is 0 Å². The second-order valence-corrected chi connectivity index (χ2v) is 6.19. The van der Waals surface area contributed by atoms with E-state index >= 15 is 0 Å². The first-order valence-electron chi connectivity index (χ1n) is 8.71. The standard InChI is InChI=1S/C19H19N7O/c1-14-22-16-9-5-6-10-17(16)25(14)12-11-20-19(27)18(26-13-21-23-24-26)15-7-3-2-4-8-15/h2-10,13,18H,11-12H2,1H3,(H,20,27). The molecule has 8 heteroatoms. The van der Waals surface area contributed by atoms with Gasteiger partial charge in [0.2, 0.25) is 5.91 Å². The van der Waals surface area contributed by atoms with Crippen LogP contribution in [0.1, 0.15) is 17.4 Å². The third kappa shape index (κ3) is 3.41. The molecule has 0 aliphatic heterocycles. The summed E-state index contributed by atoms with van der Waals surface area (Å²) in [6.07, 6.45) is 1.45. The summed E-state index contributed by atoms with van der Waals surface area (Å²) >= 11 is 0. The van der Waals surface area contributed by atoms with Crippen LogP contribution in [0.5, 0.6) is 0 Å². The number of tetrazole rings is 1. The minimum Gasteiger partial charge on any atom is -0.352 e. The van der Waals surface area contributed by atoms with Gasteiger partial charge in [-0.05, 0) is 35.0 Å². The maximum absolute atomic E-state index is 12.9. The number of fused-ring (bicyclic) bond motifs is 1. The predicted octanol–water partition coefficient (Wildman–Crippen LogP) is 1.74. The Labute approximate surface area is 155 Å². The maximum atomic E-state index is 12.9. The fourth-order valence-corrected chi connectivity index (χ4v) is 3.21. The van der Waals surface area contributed by atoms with Gasteiger partial charge in [0.15, 0.2) is 6.04 Å². The number of carbonyl (C=O) groups excluding carboxylic acids is 1. The van der Waals surface area contributed by atoms with E-state index in [2.05, 4.69) is 30.4 Å². The van der Waals surface area contributed by atoms with Gasteiger partial charge in [-0.15, -0.1) is 5.10 Å². The summed E-state index contributed by atoms with van der Waals surface area (Å²) in [5, 5.41) is 14.2. The molecule has 8 nitrogen and oxygen atoms in total. The molecule has 4 rings (SSSR count). The number of amides is 1. The Morgan fingerprint density at radius 1 is 1.11 bits per heavy atom. The fourth-order valence-electron chi connectivity index (χ4n) is 3.21. The first-order valence-corrected chi connectivity index (χ1v) is 8.71. The molecule has 1 amide bonds. The van der Waals surface area contributed by atoms with E-state index in [-0.39, 0.29) is 5.91 Å². The summed E-state index contributed by atoms with van der Waals surface area (Å²) in [5.41, 5.74) is 2.84. The Morgan fingerprint density at radius 3 is 2.67 bits per heavy atom. The van der Waals surface area contributed by atoms with Gasteiger partial charge in [-0.25, -0.2) is 9.67 Å². The summed E-state index contributed by atoms with van der Waals surface area (Å²) < 4.78 is 3.56. The Bertz CT molecular complexity index is 1040. The quantitative estimate of drug-likeness (QED) is 0.565. The molecule has 136 valence electrons. The van der Waals surface area contributed by atoms with Crippen LogP contribution in [0.3, 0.4) is 0 Å². The molecule has 0 radical (unpaired) electrons. The molecule has 0 bridgehead atoms. The largest absolute Gasteiger partial charge is 0.352 e. The van der Waals surface area contributed by atoms with E-state index in [0.29, 0.717) is 13.1 Å². The lowest BCUT2D eigenvalue weighted by molar-refractivity contribution is -0.123. The molecule has 0 spiro atoms. The second-order valence-electron chi connectivity index (χ2n) is 6.19. The first-order chi connectivity index (χ1) is 13.2. The van der Waals surface area contributed by atoms with Crippen molar-refractivity contribution in [1.82, 2.24) is 35.1 Å². The molecule has 1 unspecified atom stereocenters. The smallest absolute Gasteiger partial charge is 0.249 e. The lowest BCUT2D eigenvalue weighted by Gasteiger charge is -2.17. The Morgan fingerprint density at radius 2 is 1.89 bits per heavy atom. The van der Waals surface area contributed by atoms with Crippen LogP contribution in [0, 0.1) is 6.92 Å². The Kier molecular flexibility index (Phi) is 4.61. The molecular formula is C19H19N7O. The van der Waals surface area contributed by atoms with Gasteiger partial charge in [0, 0.05) is 13.1 Å². The van der Waals surface area contributed by atoms with Crippen LogP contribution in [0.15, 0.2) is 60.9 Å². The lowest BCUT2D eigenvalue weighted by atomic mass is 10.1. The van der Waals surface area contributed by atoms with Gasteiger partial charge < -0.3 is 9.88 Å². The fraction of sp³-hybridized carbons (Fsp3) is 0.211. The second kappa shape index (κ2) is 7.36. The minimum absolute atomic E-state index is 0.157. The van der Waals surface area contributed by atoms with E-state index in [1.807, 2.05) is 61.5 Å². The van der Waals surface area contributed by atoms with Crippen molar-refractivity contribution in [2.24, 2.45) is 0 Å². The molecule has 0 saturated carbocycles. The number of imidazole rings is 1. The van der Waals surface area contributed by atoms with Crippen LogP contribution < -0.4 is 5.32 Å². The summed E-state index contributed by atoms with van der Waals surface area (Å²) in [5.74, 6) is 0.765. The van der Waals surface area contributed by atoms with Gasteiger partial charge in [0.1, 0.15) is 12.2 Å². The van der Waals surface area contributed by atoms with E-state index in [1.54, 1.807) is 0 Å². The first kappa shape index (κ1) is 16.9. The van der Waals surface area contributed by atoms with Gasteiger partial charge in [0.25, 0.3) is 0 Å². The number of aromatic nitrogens is 6. The average Bonchev–Trinajstić information content (AvgIpc) is 3.31. The topological polar surface area (TPSA) is 90.5 Å². The molecule has 2 aromatic carbocycles. The zero-order valence-electron chi connectivity index (χ0n) is 14.9. The van der Waals surface area contributed by atoms with Crippen molar-refractivity contribution in [3.8, 4) is 0 Å². The van der Waals surface area contributed by atoms with Gasteiger partial charge in [0.05, 0.1) is 11.0 Å². The third-order valence-corrected chi connectivity index (χ3v) is 4.47. The van der Waals surface area contributed by atoms with Crippen LogP contribution in [-0.2, 0) is 11.3 Å². The summed E-state index contributed by atoms with van der Waals surface area (Å²) in [7, 11) is 0. The number of aryl methyl sites for hydroxylation is 1. The summed E-state index contributed by atoms with van der Waals surface area (Å²) in [6, 6.07) is 16.8. The number of rotatable bonds is 6. The van der Waals surface area contributed by atoms with E-state index < -0.39 is 6.04 Å². The van der Waals surface area contributed by atoms with E-state index in [4.69, 9.17) is 0 Å². The van der Waals surface area contributed by atoms with Crippen molar-refractivity contribution >= 4 is 16.9 Å². The van der Waals surface area contributed by atoms with Gasteiger partial charge in [-0.2, -0.15) is 0 Å². The molecule has 27 heavy (non-hydrogen) atoms. The Balaban J connectivity index is 1.49. The van der Waals surface area contributed by atoms with Gasteiger partial charge >= 0.3 is 0 Å². The summed E-state index contributed by atoms with van der Waals surface area (Å²) in [6.45, 7) is 3.08. The van der Waals surface area contributed by atoms with Gasteiger partial charge in [-0.1, -0.05) is 42.5 Å². The van der Waals surface area contributed by atoms with Crippen molar-refractivity contribution in [3.05, 3.63) is 72.3 Å². The Hall–Kier alpha value is -3.55. The molecular weight excluding hydrogens is 342 g/mol. The number of nitrogens with zero attached hydrogens (tertiary/aromatic N) is 6. The van der Waals surface area contributed by atoms with Crippen LogP contribution in [0.4, 0.5) is 0 Å². The molecule has 0 aliphatic rings. The van der Waals surface area contributed by atoms with E-state index in [0.717, 1.165) is 22.4 Å². The lowest BCUT2D eigenvalue weighted by Crippen LogP contribution is -2.35. The summed E-state index contributed by atoms with van der Waals surface area (Å²) in [4.78, 5) is 17.4. The van der Waals surface area contributed by atoms with Crippen molar-refractivity contribution in [2.45, 2.75) is 19.5 Å². The van der Waals surface area contributed by atoms with Crippen molar-refractivity contribution in [1.29, 1.82) is 0 Å². The molecule has 0 saturated heterocycles. The molecule has 1 N–H and O–H groups in total. The highest BCUT2D eigenvalue weighted by Gasteiger charge is 2.23. The van der Waals surface area contributed by atoms with Crippen LogP contribution in [-0.4, -0.2) is 42.2 Å². The number of hydrogen-bond acceptors (Lipinski definition) is 5. The number of hydrogen-bond donors (Lipinski definition) is 1. The molecule has 2 aromatic heterocycles. The molecule has 1 atom stereocenters. The van der Waals surface area contributed by atoms with E-state index in [1.165, 1.54) is 11.0 Å². The minimum atomic E-state index is -0.609. The number of para-hydroxylation sites is 2. The zero-order chi connectivity index (χ0) is 18.6. The number of benzene rings is 2. The van der Waals surface area contributed by atoms with Crippen LogP contribution >= 0.6 is 0 Å². The molecule has 4 aromatic rings. The van der Waals surface area contributed by atoms with Gasteiger partial charge in [-0.3, -0.25) is 4.79 Å². The highest BCUT2D eigenvalue weighted by atomic mass is 16.2. The number of carbonyl (C=O) groups is 1. The van der Waals surface area contributed by atoms with Crippen molar-refractivity contribution in [2.75, 3.05) is 6.54 Å². The molecule has 2 heterocycles. The monoisotopic (exact) mass is 361 g/mol. The SMILES string of the molecule is Cc1nc2ccccc2n1CCNC(=O)C(c1ccccc1)n1cnnn1. The average molecular weight is 361 g/mol. The highest BCUT2D eigenvalue weighted by Crippen LogP contribution is 2.17. The van der Waals surface area contributed by atoms with Crippen LogP contribution in [0.2, 0.25) is 0 Å². The molecule has 0 aliphatic carbocycles. The van der Waals surface area contributed by atoms with Crippen molar-refractivity contribution < 1.29 is 4.79 Å². The number of nitrogens with one attached hydrogen (secondary N) is 1. The predicted molar refractivity (Wildman–Crippen MR) is 99.9 cm³/mol. The maximum Gasteiger partial charge on any atom is 0.249 e. The molecule has 0 fully saturated rings. The van der Waals surface area contributed by atoms with E-state index in [9.17, 15) is 4.79 Å². The zero-order valence-corrected chi connectivity index (χ0v) is 14.9. The normalized spacial score (nSPS) is 12.2. The highest BCUT2D eigenvalue weighted by molar-refractivity contribution is 5.83.